The van der Waals surface area contributed by atoms with Gasteiger partial charge in [-0.3, -0.25) is 14.8 Å². The number of hydrogen-bond donors (Lipinski definition) is 0. The van der Waals surface area contributed by atoms with Crippen LogP contribution in [0.3, 0.4) is 0 Å². The molecule has 4 heteroatoms. The number of ketones is 1. The van der Waals surface area contributed by atoms with E-state index in [1.807, 2.05) is 48.7 Å². The van der Waals surface area contributed by atoms with Crippen molar-refractivity contribution >= 4 is 22.3 Å². The third-order valence-corrected chi connectivity index (χ3v) is 5.01. The molecule has 4 rings (SSSR count). The van der Waals surface area contributed by atoms with E-state index in [-0.39, 0.29) is 5.78 Å². The fourth-order valence-corrected chi connectivity index (χ4v) is 3.39. The molecule has 0 aliphatic carbocycles. The Labute approximate surface area is 164 Å². The first kappa shape index (κ1) is 18.1. The molecule has 4 nitrogen and oxygen atoms in total. The molecule has 2 aromatic carbocycles. The van der Waals surface area contributed by atoms with Crippen molar-refractivity contribution in [2.24, 2.45) is 4.99 Å². The maximum Gasteiger partial charge on any atom is 0.181 e. The Morgan fingerprint density at radius 3 is 2.89 bits per heavy atom. The number of aryl methyl sites for hydroxylation is 2. The first-order chi connectivity index (χ1) is 13.7. The summed E-state index contributed by atoms with van der Waals surface area (Å²) in [6.07, 6.45) is 7.37. The quantitative estimate of drug-likeness (QED) is 0.597. The van der Waals surface area contributed by atoms with E-state index in [1.165, 1.54) is 11.1 Å². The van der Waals surface area contributed by atoms with Crippen LogP contribution in [-0.2, 0) is 11.2 Å². The number of ether oxygens (including phenoxy) is 1. The van der Waals surface area contributed by atoms with Crippen molar-refractivity contribution in [2.75, 3.05) is 6.61 Å². The molecule has 0 atom stereocenters. The number of pyridine rings is 1. The van der Waals surface area contributed by atoms with E-state index in [1.54, 1.807) is 6.20 Å². The van der Waals surface area contributed by atoms with Crippen molar-refractivity contribution in [2.45, 2.75) is 26.2 Å². The minimum Gasteiger partial charge on any atom is -0.487 e. The largest absolute Gasteiger partial charge is 0.487 e. The Bertz CT molecular complexity index is 1080. The van der Waals surface area contributed by atoms with E-state index in [0.717, 1.165) is 28.7 Å². The summed E-state index contributed by atoms with van der Waals surface area (Å²) < 4.78 is 5.97. The predicted molar refractivity (Wildman–Crippen MR) is 112 cm³/mol. The number of rotatable bonds is 7. The standard InChI is InChI=1S/C24H22N2O2/c1-17-5-2-3-6-18(17)9-12-23(27)22-11-10-20(26-22)16-28-24-8-4-7-19-15-25-14-13-21(19)24/h2-8,11,13-15H,9-10,12,16H2,1H3. The molecular formula is C24H22N2O2. The summed E-state index contributed by atoms with van der Waals surface area (Å²) in [6.45, 7) is 2.46. The van der Waals surface area contributed by atoms with E-state index < -0.39 is 0 Å². The van der Waals surface area contributed by atoms with Crippen molar-refractivity contribution in [3.8, 4) is 5.75 Å². The van der Waals surface area contributed by atoms with Crippen LogP contribution in [0.15, 0.2) is 77.7 Å². The van der Waals surface area contributed by atoms with Crippen LogP contribution in [0.1, 0.15) is 24.0 Å². The summed E-state index contributed by atoms with van der Waals surface area (Å²) in [7, 11) is 0. The van der Waals surface area contributed by atoms with Crippen molar-refractivity contribution in [1.82, 2.24) is 4.98 Å². The van der Waals surface area contributed by atoms with Crippen molar-refractivity contribution < 1.29 is 9.53 Å². The number of hydrogen-bond acceptors (Lipinski definition) is 4. The topological polar surface area (TPSA) is 51.5 Å². The zero-order valence-electron chi connectivity index (χ0n) is 15.9. The van der Waals surface area contributed by atoms with Gasteiger partial charge in [0, 0.05) is 36.0 Å². The Morgan fingerprint density at radius 2 is 2.00 bits per heavy atom. The van der Waals surface area contributed by atoms with Crippen LogP contribution >= 0.6 is 0 Å². The van der Waals surface area contributed by atoms with Gasteiger partial charge in [0.2, 0.25) is 0 Å². The van der Waals surface area contributed by atoms with E-state index in [2.05, 4.69) is 29.0 Å². The number of fused-ring (bicyclic) bond motifs is 1. The lowest BCUT2D eigenvalue weighted by molar-refractivity contribution is -0.115. The minimum atomic E-state index is 0.0921. The van der Waals surface area contributed by atoms with Gasteiger partial charge in [-0.1, -0.05) is 36.4 Å². The molecule has 1 aliphatic rings. The van der Waals surface area contributed by atoms with Crippen LogP contribution in [0, 0.1) is 6.92 Å². The second-order valence-electron chi connectivity index (χ2n) is 6.96. The van der Waals surface area contributed by atoms with Gasteiger partial charge in [0.15, 0.2) is 5.78 Å². The molecule has 0 amide bonds. The summed E-state index contributed by atoms with van der Waals surface area (Å²) in [5, 5.41) is 2.07. The maximum atomic E-state index is 12.5. The third-order valence-electron chi connectivity index (χ3n) is 5.01. The first-order valence-electron chi connectivity index (χ1n) is 9.50. The molecule has 0 spiro atoms. The number of nitrogens with zero attached hydrogens (tertiary/aromatic N) is 2. The van der Waals surface area contributed by atoms with Crippen LogP contribution in [0.4, 0.5) is 0 Å². The summed E-state index contributed by atoms with van der Waals surface area (Å²) in [4.78, 5) is 21.2. The van der Waals surface area contributed by atoms with Crippen molar-refractivity contribution in [3.05, 3.63) is 83.8 Å². The molecular weight excluding hydrogens is 348 g/mol. The molecule has 1 aliphatic heterocycles. The monoisotopic (exact) mass is 370 g/mol. The highest BCUT2D eigenvalue weighted by atomic mass is 16.5. The number of carbonyl (C=O) groups is 1. The molecule has 28 heavy (non-hydrogen) atoms. The molecule has 0 bridgehead atoms. The highest BCUT2D eigenvalue weighted by Gasteiger charge is 2.16. The lowest BCUT2D eigenvalue weighted by atomic mass is 10.0. The third kappa shape index (κ3) is 4.01. The number of Topliss-reactive ketones (excluding diaryl/α,β-unsaturated/α-hetero) is 1. The normalized spacial score (nSPS) is 13.3. The molecule has 3 aromatic rings. The Balaban J connectivity index is 1.36. The molecule has 0 unspecified atom stereocenters. The molecule has 0 N–H and O–H groups in total. The number of carbonyl (C=O) groups excluding carboxylic acids is 1. The average molecular weight is 370 g/mol. The van der Waals surface area contributed by atoms with Crippen molar-refractivity contribution in [3.63, 3.8) is 0 Å². The molecule has 140 valence electrons. The van der Waals surface area contributed by atoms with Gasteiger partial charge in [-0.25, -0.2) is 0 Å². The zero-order valence-corrected chi connectivity index (χ0v) is 15.9. The molecule has 0 saturated carbocycles. The van der Waals surface area contributed by atoms with E-state index in [0.29, 0.717) is 25.1 Å². The smallest absolute Gasteiger partial charge is 0.181 e. The summed E-state index contributed by atoms with van der Waals surface area (Å²) >= 11 is 0. The average Bonchev–Trinajstić information content (AvgIpc) is 3.20. The van der Waals surface area contributed by atoms with Gasteiger partial charge in [0.05, 0.1) is 5.71 Å². The van der Waals surface area contributed by atoms with Crippen molar-refractivity contribution in [1.29, 1.82) is 0 Å². The second kappa shape index (κ2) is 8.17. The molecule has 0 saturated heterocycles. The van der Waals surface area contributed by atoms with E-state index in [9.17, 15) is 4.79 Å². The van der Waals surface area contributed by atoms with Crippen LogP contribution in [0.25, 0.3) is 10.8 Å². The molecule has 0 radical (unpaired) electrons. The van der Waals surface area contributed by atoms with Crippen LogP contribution < -0.4 is 4.74 Å². The fraction of sp³-hybridized carbons (Fsp3) is 0.208. The zero-order chi connectivity index (χ0) is 19.3. The van der Waals surface area contributed by atoms with Gasteiger partial charge >= 0.3 is 0 Å². The number of aliphatic imine (C=N–C) groups is 1. The van der Waals surface area contributed by atoms with E-state index >= 15 is 0 Å². The van der Waals surface area contributed by atoms with E-state index in [4.69, 9.17) is 4.74 Å². The van der Waals surface area contributed by atoms with Crippen LogP contribution in [0.2, 0.25) is 0 Å². The molecule has 1 aromatic heterocycles. The molecule has 0 fully saturated rings. The first-order valence-corrected chi connectivity index (χ1v) is 9.50. The molecule has 2 heterocycles. The lowest BCUT2D eigenvalue weighted by Crippen LogP contribution is -2.09. The Hall–Kier alpha value is -3.27. The van der Waals surface area contributed by atoms with Gasteiger partial charge in [-0.2, -0.15) is 0 Å². The fourth-order valence-electron chi connectivity index (χ4n) is 3.39. The summed E-state index contributed by atoms with van der Waals surface area (Å²) in [5.41, 5.74) is 3.88. The summed E-state index contributed by atoms with van der Waals surface area (Å²) in [5.74, 6) is 0.899. The van der Waals surface area contributed by atoms with Gasteiger partial charge in [-0.05, 0) is 42.7 Å². The van der Waals surface area contributed by atoms with Gasteiger partial charge in [0.25, 0.3) is 0 Å². The highest BCUT2D eigenvalue weighted by Crippen LogP contribution is 2.25. The number of aromatic nitrogens is 1. The summed E-state index contributed by atoms with van der Waals surface area (Å²) in [6, 6.07) is 16.0. The predicted octanol–water partition coefficient (Wildman–Crippen LogP) is 4.85. The van der Waals surface area contributed by atoms with Gasteiger partial charge < -0.3 is 4.74 Å². The number of allylic oxidation sites excluding steroid dienone is 2. The van der Waals surface area contributed by atoms with Gasteiger partial charge in [0.1, 0.15) is 18.1 Å². The highest BCUT2D eigenvalue weighted by molar-refractivity contribution is 6.03. The number of benzene rings is 2. The van der Waals surface area contributed by atoms with Crippen LogP contribution in [-0.4, -0.2) is 23.1 Å². The maximum absolute atomic E-state index is 12.5. The Kier molecular flexibility index (Phi) is 5.29. The SMILES string of the molecule is Cc1ccccc1CCC(=O)C1=CCC(COc2cccc3cnccc23)=N1. The van der Waals surface area contributed by atoms with Gasteiger partial charge in [-0.15, -0.1) is 0 Å². The lowest BCUT2D eigenvalue weighted by Gasteiger charge is -2.09. The van der Waals surface area contributed by atoms with Crippen LogP contribution in [0.5, 0.6) is 5.75 Å². The minimum absolute atomic E-state index is 0.0921. The second-order valence-corrected chi connectivity index (χ2v) is 6.96. The Morgan fingerprint density at radius 1 is 1.11 bits per heavy atom.